The molecule has 6 heteroatoms. The first-order valence-electron chi connectivity index (χ1n) is 6.07. The van der Waals surface area contributed by atoms with Crippen LogP contribution in [0.15, 0.2) is 11.1 Å². The van der Waals surface area contributed by atoms with Crippen LogP contribution in [0.4, 0.5) is 0 Å². The minimum absolute atomic E-state index is 0.00864. The summed E-state index contributed by atoms with van der Waals surface area (Å²) >= 11 is 0. The van der Waals surface area contributed by atoms with Crippen LogP contribution in [0.1, 0.15) is 20.8 Å². The van der Waals surface area contributed by atoms with Gasteiger partial charge in [-0.15, -0.1) is 0 Å². The van der Waals surface area contributed by atoms with Gasteiger partial charge < -0.3 is 14.7 Å². The van der Waals surface area contributed by atoms with Crippen LogP contribution in [0.3, 0.4) is 0 Å². The summed E-state index contributed by atoms with van der Waals surface area (Å²) in [5.74, 6) is -2.11. The van der Waals surface area contributed by atoms with Crippen molar-refractivity contribution >= 4 is 17.8 Å². The molecule has 0 aliphatic carbocycles. The maximum absolute atomic E-state index is 12.1. The molecule has 6 nitrogen and oxygen atoms in total. The number of aliphatic carboxylic acids is 1. The third-order valence-corrected chi connectivity index (χ3v) is 3.61. The van der Waals surface area contributed by atoms with E-state index < -0.39 is 5.97 Å². The lowest BCUT2D eigenvalue weighted by atomic mass is 9.99. The number of hydrogen-bond donors (Lipinski definition) is 1. The van der Waals surface area contributed by atoms with Crippen molar-refractivity contribution in [1.29, 1.82) is 0 Å². The molecule has 1 fully saturated rings. The molecule has 1 saturated heterocycles. The minimum atomic E-state index is -1.11. The van der Waals surface area contributed by atoms with Crippen LogP contribution >= 0.6 is 0 Å². The number of amides is 1. The van der Waals surface area contributed by atoms with Gasteiger partial charge >= 0.3 is 11.9 Å². The largest absolute Gasteiger partial charge is 0.478 e. The summed E-state index contributed by atoms with van der Waals surface area (Å²) in [6, 6.07) is 0. The van der Waals surface area contributed by atoms with Crippen molar-refractivity contribution in [2.24, 2.45) is 11.8 Å². The molecule has 0 spiro atoms. The number of carboxylic acids is 1. The Morgan fingerprint density at radius 2 is 1.74 bits per heavy atom. The van der Waals surface area contributed by atoms with Gasteiger partial charge in [-0.25, -0.2) is 4.79 Å². The van der Waals surface area contributed by atoms with Gasteiger partial charge in [-0.2, -0.15) is 0 Å². The predicted octanol–water partition coefficient (Wildman–Crippen LogP) is 0.675. The Labute approximate surface area is 112 Å². The average Bonchev–Trinajstić information content (AvgIpc) is 2.77. The second-order valence-corrected chi connectivity index (χ2v) is 4.87. The van der Waals surface area contributed by atoms with Crippen LogP contribution in [0.5, 0.6) is 0 Å². The van der Waals surface area contributed by atoms with Gasteiger partial charge in [0.15, 0.2) is 0 Å². The maximum atomic E-state index is 12.1. The molecule has 19 heavy (non-hydrogen) atoms. The van der Waals surface area contributed by atoms with Gasteiger partial charge in [-0.05, 0) is 19.8 Å². The number of methoxy groups -OCH3 is 1. The smallest absolute Gasteiger partial charge is 0.331 e. The molecule has 0 aromatic rings. The van der Waals surface area contributed by atoms with E-state index in [1.165, 1.54) is 25.9 Å². The Bertz CT molecular complexity index is 440. The van der Waals surface area contributed by atoms with Crippen molar-refractivity contribution in [3.8, 4) is 0 Å². The standard InChI is InChI=1S/C13H19NO5/c1-7-5-14(6-10(7)13(18)19-4)11(15)8(2)9(3)12(16)17/h7,10H,5-6H2,1-4H3,(H,16,17). The number of esters is 1. The summed E-state index contributed by atoms with van der Waals surface area (Å²) in [6.07, 6.45) is 0. The first kappa shape index (κ1) is 15.2. The summed E-state index contributed by atoms with van der Waals surface area (Å²) < 4.78 is 4.70. The van der Waals surface area contributed by atoms with Crippen LogP contribution in [0.2, 0.25) is 0 Å². The molecule has 0 saturated carbocycles. The van der Waals surface area contributed by atoms with Gasteiger partial charge in [-0.3, -0.25) is 9.59 Å². The van der Waals surface area contributed by atoms with Gasteiger partial charge in [0.2, 0.25) is 5.91 Å². The van der Waals surface area contributed by atoms with Crippen LogP contribution in [0, 0.1) is 11.8 Å². The fraction of sp³-hybridized carbons (Fsp3) is 0.615. The van der Waals surface area contributed by atoms with E-state index in [4.69, 9.17) is 9.84 Å². The molecule has 0 aromatic heterocycles. The van der Waals surface area contributed by atoms with E-state index in [0.29, 0.717) is 6.54 Å². The highest BCUT2D eigenvalue weighted by Gasteiger charge is 2.38. The van der Waals surface area contributed by atoms with Gasteiger partial charge in [-0.1, -0.05) is 6.92 Å². The summed E-state index contributed by atoms with van der Waals surface area (Å²) in [4.78, 5) is 36.0. The van der Waals surface area contributed by atoms with E-state index in [0.717, 1.165) is 0 Å². The second-order valence-electron chi connectivity index (χ2n) is 4.87. The first-order valence-corrected chi connectivity index (χ1v) is 6.07. The molecule has 1 heterocycles. The lowest BCUT2D eigenvalue weighted by molar-refractivity contribution is -0.146. The predicted molar refractivity (Wildman–Crippen MR) is 67.3 cm³/mol. The van der Waals surface area contributed by atoms with Gasteiger partial charge in [0.25, 0.3) is 0 Å². The summed E-state index contributed by atoms with van der Waals surface area (Å²) in [5, 5.41) is 8.87. The Balaban J connectivity index is 2.85. The summed E-state index contributed by atoms with van der Waals surface area (Å²) in [7, 11) is 1.32. The zero-order chi connectivity index (χ0) is 14.7. The maximum Gasteiger partial charge on any atom is 0.331 e. The van der Waals surface area contributed by atoms with Gasteiger partial charge in [0, 0.05) is 24.2 Å². The molecular weight excluding hydrogens is 250 g/mol. The van der Waals surface area contributed by atoms with E-state index in [-0.39, 0.29) is 41.4 Å². The monoisotopic (exact) mass is 269 g/mol. The van der Waals surface area contributed by atoms with E-state index in [2.05, 4.69) is 0 Å². The molecular formula is C13H19NO5. The Kier molecular flexibility index (Phi) is 4.69. The SMILES string of the molecule is COC(=O)C1CN(C(=O)C(C)=C(C)C(=O)O)CC1C. The van der Waals surface area contributed by atoms with Gasteiger partial charge in [0.1, 0.15) is 0 Å². The number of hydrogen-bond acceptors (Lipinski definition) is 4. The van der Waals surface area contributed by atoms with E-state index in [1.807, 2.05) is 6.92 Å². The summed E-state index contributed by atoms with van der Waals surface area (Å²) in [5.41, 5.74) is 0.226. The molecule has 1 aliphatic rings. The van der Waals surface area contributed by atoms with Crippen molar-refractivity contribution in [3.63, 3.8) is 0 Å². The summed E-state index contributed by atoms with van der Waals surface area (Å²) in [6.45, 7) is 5.46. The molecule has 1 amide bonds. The number of ether oxygens (including phenoxy) is 1. The third kappa shape index (κ3) is 3.13. The zero-order valence-corrected chi connectivity index (χ0v) is 11.6. The number of nitrogens with zero attached hydrogens (tertiary/aromatic N) is 1. The van der Waals surface area contributed by atoms with E-state index >= 15 is 0 Å². The molecule has 1 rings (SSSR count). The molecule has 1 aliphatic heterocycles. The molecule has 0 radical (unpaired) electrons. The zero-order valence-electron chi connectivity index (χ0n) is 11.6. The molecule has 2 unspecified atom stereocenters. The molecule has 1 N–H and O–H groups in total. The highest BCUT2D eigenvalue weighted by Crippen LogP contribution is 2.25. The van der Waals surface area contributed by atoms with Crippen LogP contribution in [0.25, 0.3) is 0 Å². The van der Waals surface area contributed by atoms with Crippen molar-refractivity contribution in [2.45, 2.75) is 20.8 Å². The van der Waals surface area contributed by atoms with Crippen molar-refractivity contribution in [3.05, 3.63) is 11.1 Å². The Hall–Kier alpha value is -1.85. The second kappa shape index (κ2) is 5.86. The van der Waals surface area contributed by atoms with Crippen LogP contribution in [-0.4, -0.2) is 48.1 Å². The first-order chi connectivity index (χ1) is 8.79. The van der Waals surface area contributed by atoms with Gasteiger partial charge in [0.05, 0.1) is 13.0 Å². The molecule has 106 valence electrons. The number of rotatable bonds is 3. The van der Waals surface area contributed by atoms with E-state index in [9.17, 15) is 14.4 Å². The third-order valence-electron chi connectivity index (χ3n) is 3.61. The Morgan fingerprint density at radius 1 is 1.16 bits per heavy atom. The highest BCUT2D eigenvalue weighted by atomic mass is 16.5. The van der Waals surface area contributed by atoms with Crippen LogP contribution < -0.4 is 0 Å². The lowest BCUT2D eigenvalue weighted by Crippen LogP contribution is -2.31. The van der Waals surface area contributed by atoms with E-state index in [1.54, 1.807) is 0 Å². The Morgan fingerprint density at radius 3 is 2.21 bits per heavy atom. The van der Waals surface area contributed by atoms with Crippen LogP contribution in [-0.2, 0) is 19.1 Å². The minimum Gasteiger partial charge on any atom is -0.478 e. The number of carbonyl (C=O) groups excluding carboxylic acids is 2. The molecule has 2 atom stereocenters. The quantitative estimate of drug-likeness (QED) is 0.601. The normalized spacial score (nSPS) is 23.9. The van der Waals surface area contributed by atoms with Crippen molar-refractivity contribution in [2.75, 3.05) is 20.2 Å². The van der Waals surface area contributed by atoms with Crippen molar-refractivity contribution in [1.82, 2.24) is 4.90 Å². The topological polar surface area (TPSA) is 83.9 Å². The fourth-order valence-corrected chi connectivity index (χ4v) is 2.15. The highest BCUT2D eigenvalue weighted by molar-refractivity contribution is 6.01. The average molecular weight is 269 g/mol. The fourth-order valence-electron chi connectivity index (χ4n) is 2.15. The molecule has 0 aromatic carbocycles. The number of carboxylic acid groups (broad SMARTS) is 1. The molecule has 0 bridgehead atoms. The van der Waals surface area contributed by atoms with Crippen molar-refractivity contribution < 1.29 is 24.2 Å². The number of carbonyl (C=O) groups is 3. The number of likely N-dealkylation sites (tertiary alicyclic amines) is 1. The lowest BCUT2D eigenvalue weighted by Gasteiger charge is -2.17.